The number of nitrogens with zero attached hydrogens (tertiary/aromatic N) is 1. The summed E-state index contributed by atoms with van der Waals surface area (Å²) in [5, 5.41) is 13.8. The summed E-state index contributed by atoms with van der Waals surface area (Å²) in [6, 6.07) is 0. The van der Waals surface area contributed by atoms with E-state index in [0.717, 1.165) is 49.5 Å². The lowest BCUT2D eigenvalue weighted by molar-refractivity contribution is 0.0863. The topological polar surface area (TPSA) is 69.8 Å². The molecule has 1 aromatic heterocycles. The van der Waals surface area contributed by atoms with Gasteiger partial charge in [0.05, 0.1) is 0 Å². The predicted octanol–water partition coefficient (Wildman–Crippen LogP) is 1.75. The Morgan fingerprint density at radius 2 is 2.15 bits per heavy atom. The maximum atomic E-state index is 12.5. The lowest BCUT2D eigenvalue weighted by atomic mass is 9.78. The van der Waals surface area contributed by atoms with Gasteiger partial charge < -0.3 is 10.6 Å². The standard InChI is InChI=1S/C15H24N4O/c1-10-3-6-15(2,7-4-10)17-14(20)13-11-9-16-8-5-12(11)18-19-13/h10,16H,3-9H2,1-2H3,(H,17,20)(H,18,19). The van der Waals surface area contributed by atoms with E-state index >= 15 is 0 Å². The van der Waals surface area contributed by atoms with E-state index < -0.39 is 0 Å². The molecule has 2 aliphatic rings. The quantitative estimate of drug-likeness (QED) is 0.771. The van der Waals surface area contributed by atoms with Crippen molar-refractivity contribution in [3.8, 4) is 0 Å². The van der Waals surface area contributed by atoms with Gasteiger partial charge in [0, 0.05) is 36.3 Å². The zero-order valence-corrected chi connectivity index (χ0v) is 12.4. The number of H-pyrrole nitrogens is 1. The molecule has 3 N–H and O–H groups in total. The van der Waals surface area contributed by atoms with E-state index in [1.807, 2.05) is 0 Å². The molecule has 1 aromatic rings. The Labute approximate surface area is 119 Å². The molecule has 1 aliphatic carbocycles. The first-order chi connectivity index (χ1) is 9.57. The Morgan fingerprint density at radius 1 is 1.40 bits per heavy atom. The van der Waals surface area contributed by atoms with Crippen LogP contribution in [0.25, 0.3) is 0 Å². The molecular weight excluding hydrogens is 252 g/mol. The lowest BCUT2D eigenvalue weighted by Gasteiger charge is -2.37. The van der Waals surface area contributed by atoms with Crippen molar-refractivity contribution in [1.29, 1.82) is 0 Å². The van der Waals surface area contributed by atoms with Crippen LogP contribution in [0.2, 0.25) is 0 Å². The van der Waals surface area contributed by atoms with Crippen molar-refractivity contribution in [2.75, 3.05) is 6.54 Å². The van der Waals surface area contributed by atoms with Crippen molar-refractivity contribution in [3.05, 3.63) is 17.0 Å². The van der Waals surface area contributed by atoms with Gasteiger partial charge in [0.15, 0.2) is 5.69 Å². The number of hydrogen-bond donors (Lipinski definition) is 3. The minimum atomic E-state index is -0.0719. The molecule has 3 rings (SSSR count). The van der Waals surface area contributed by atoms with Crippen LogP contribution in [0.15, 0.2) is 0 Å². The van der Waals surface area contributed by atoms with Crippen molar-refractivity contribution in [3.63, 3.8) is 0 Å². The summed E-state index contributed by atoms with van der Waals surface area (Å²) < 4.78 is 0. The molecule has 0 saturated heterocycles. The monoisotopic (exact) mass is 276 g/mol. The third-order valence-electron chi connectivity index (χ3n) is 4.81. The molecule has 2 heterocycles. The van der Waals surface area contributed by atoms with E-state index in [0.29, 0.717) is 5.69 Å². The molecule has 0 spiro atoms. The van der Waals surface area contributed by atoms with Gasteiger partial charge in [-0.05, 0) is 38.5 Å². The molecule has 1 amide bonds. The highest BCUT2D eigenvalue weighted by Gasteiger charge is 2.33. The molecular formula is C15H24N4O. The Balaban J connectivity index is 1.72. The van der Waals surface area contributed by atoms with Gasteiger partial charge in [-0.1, -0.05) is 6.92 Å². The Hall–Kier alpha value is -1.36. The zero-order chi connectivity index (χ0) is 14.2. The highest BCUT2D eigenvalue weighted by molar-refractivity contribution is 5.94. The fourth-order valence-electron chi connectivity index (χ4n) is 3.27. The molecule has 110 valence electrons. The highest BCUT2D eigenvalue weighted by Crippen LogP contribution is 2.31. The van der Waals surface area contributed by atoms with Gasteiger partial charge in [0.1, 0.15) is 0 Å². The van der Waals surface area contributed by atoms with Gasteiger partial charge in [0.25, 0.3) is 5.91 Å². The number of fused-ring (bicyclic) bond motifs is 1. The summed E-state index contributed by atoms with van der Waals surface area (Å²) in [5.74, 6) is 0.755. The second-order valence-corrected chi connectivity index (χ2v) is 6.65. The van der Waals surface area contributed by atoms with E-state index in [1.165, 1.54) is 12.8 Å². The number of aromatic nitrogens is 2. The van der Waals surface area contributed by atoms with Crippen molar-refractivity contribution in [2.24, 2.45) is 5.92 Å². The second-order valence-electron chi connectivity index (χ2n) is 6.65. The lowest BCUT2D eigenvalue weighted by Crippen LogP contribution is -2.48. The van der Waals surface area contributed by atoms with Crippen LogP contribution < -0.4 is 10.6 Å². The predicted molar refractivity (Wildman–Crippen MR) is 77.5 cm³/mol. The van der Waals surface area contributed by atoms with Crippen LogP contribution in [-0.4, -0.2) is 28.2 Å². The van der Waals surface area contributed by atoms with Crippen molar-refractivity contribution < 1.29 is 4.79 Å². The number of carbonyl (C=O) groups excluding carboxylic acids is 1. The van der Waals surface area contributed by atoms with Crippen LogP contribution in [0.1, 0.15) is 61.3 Å². The van der Waals surface area contributed by atoms with Crippen LogP contribution in [-0.2, 0) is 13.0 Å². The van der Waals surface area contributed by atoms with Gasteiger partial charge in [-0.3, -0.25) is 9.89 Å². The van der Waals surface area contributed by atoms with E-state index in [2.05, 4.69) is 34.7 Å². The van der Waals surface area contributed by atoms with E-state index in [4.69, 9.17) is 0 Å². The maximum Gasteiger partial charge on any atom is 0.272 e. The number of carbonyl (C=O) groups is 1. The van der Waals surface area contributed by atoms with Gasteiger partial charge in [-0.15, -0.1) is 0 Å². The number of aromatic amines is 1. The van der Waals surface area contributed by atoms with Crippen molar-refractivity contribution in [1.82, 2.24) is 20.8 Å². The van der Waals surface area contributed by atoms with Crippen LogP contribution in [0, 0.1) is 5.92 Å². The maximum absolute atomic E-state index is 12.5. The minimum Gasteiger partial charge on any atom is -0.345 e. The molecule has 0 radical (unpaired) electrons. The van der Waals surface area contributed by atoms with Gasteiger partial charge in [-0.25, -0.2) is 0 Å². The van der Waals surface area contributed by atoms with E-state index in [9.17, 15) is 4.79 Å². The Kier molecular flexibility index (Phi) is 3.54. The fraction of sp³-hybridized carbons (Fsp3) is 0.733. The Bertz CT molecular complexity index is 500. The molecule has 1 fully saturated rings. The van der Waals surface area contributed by atoms with Crippen LogP contribution in [0.5, 0.6) is 0 Å². The van der Waals surface area contributed by atoms with E-state index in [-0.39, 0.29) is 11.4 Å². The summed E-state index contributed by atoms with van der Waals surface area (Å²) >= 11 is 0. The molecule has 1 aliphatic heterocycles. The first-order valence-electron chi connectivity index (χ1n) is 7.67. The molecule has 20 heavy (non-hydrogen) atoms. The minimum absolute atomic E-state index is 0.0248. The molecule has 0 aromatic carbocycles. The molecule has 5 nitrogen and oxygen atoms in total. The highest BCUT2D eigenvalue weighted by atomic mass is 16.2. The van der Waals surface area contributed by atoms with Gasteiger partial charge in [-0.2, -0.15) is 5.10 Å². The van der Waals surface area contributed by atoms with Crippen molar-refractivity contribution in [2.45, 2.75) is 58.0 Å². The largest absolute Gasteiger partial charge is 0.345 e. The number of hydrogen-bond acceptors (Lipinski definition) is 3. The van der Waals surface area contributed by atoms with Crippen LogP contribution in [0.4, 0.5) is 0 Å². The third-order valence-corrected chi connectivity index (χ3v) is 4.81. The van der Waals surface area contributed by atoms with Gasteiger partial charge >= 0.3 is 0 Å². The van der Waals surface area contributed by atoms with E-state index in [1.54, 1.807) is 0 Å². The van der Waals surface area contributed by atoms with Crippen LogP contribution in [0.3, 0.4) is 0 Å². The molecule has 0 atom stereocenters. The summed E-state index contributed by atoms with van der Waals surface area (Å²) in [6.45, 7) is 6.14. The molecule has 0 unspecified atom stereocenters. The number of rotatable bonds is 2. The summed E-state index contributed by atoms with van der Waals surface area (Å²) in [5.41, 5.74) is 2.65. The summed E-state index contributed by atoms with van der Waals surface area (Å²) in [4.78, 5) is 12.5. The van der Waals surface area contributed by atoms with Crippen molar-refractivity contribution >= 4 is 5.91 Å². The Morgan fingerprint density at radius 3 is 2.90 bits per heavy atom. The first kappa shape index (κ1) is 13.6. The normalized spacial score (nSPS) is 29.8. The average Bonchev–Trinajstić information content (AvgIpc) is 2.86. The first-order valence-corrected chi connectivity index (χ1v) is 7.67. The second kappa shape index (κ2) is 5.20. The number of amides is 1. The zero-order valence-electron chi connectivity index (χ0n) is 12.4. The van der Waals surface area contributed by atoms with Gasteiger partial charge in [0.2, 0.25) is 0 Å². The SMILES string of the molecule is CC1CCC(C)(NC(=O)c2n[nH]c3c2CNCC3)CC1. The van der Waals surface area contributed by atoms with Crippen LogP contribution >= 0.6 is 0 Å². The molecule has 0 bridgehead atoms. The molecule has 1 saturated carbocycles. The number of nitrogens with one attached hydrogen (secondary N) is 3. The smallest absolute Gasteiger partial charge is 0.272 e. The summed E-state index contributed by atoms with van der Waals surface area (Å²) in [6.07, 6.45) is 5.42. The average molecular weight is 276 g/mol. The third kappa shape index (κ3) is 2.59. The fourth-order valence-corrected chi connectivity index (χ4v) is 3.27. The summed E-state index contributed by atoms with van der Waals surface area (Å²) in [7, 11) is 0. The molecule has 5 heteroatoms.